The molecule has 0 aliphatic rings. The molecule has 0 radical (unpaired) electrons. The van der Waals surface area contributed by atoms with Gasteiger partial charge in [-0.25, -0.2) is 4.79 Å². The summed E-state index contributed by atoms with van der Waals surface area (Å²) >= 11 is 0. The fourth-order valence-electron chi connectivity index (χ4n) is 6.07. The molecule has 0 aromatic carbocycles. The van der Waals surface area contributed by atoms with Crippen LogP contribution in [0.25, 0.3) is 0 Å². The number of Topliss-reactive ketones (excluding diaryl/α,β-unsaturated/α-hetero) is 2. The molecule has 0 fully saturated rings. The molecule has 0 spiro atoms. The minimum atomic E-state index is -1.10. The number of nitrogens with one attached hydrogen (secondary N) is 2. The zero-order valence-corrected chi connectivity index (χ0v) is 37.3. The number of carboxylic acids is 2. The monoisotopic (exact) mass is 845 g/mol. The molecule has 14 heteroatoms. The number of hydrogen-bond donors (Lipinski definition) is 4. The highest BCUT2D eigenvalue weighted by atomic mass is 16.5. The van der Waals surface area contributed by atoms with Crippen LogP contribution in [0, 0.1) is 0 Å². The molecule has 0 saturated heterocycles. The minimum absolute atomic E-state index is 0.000154. The first kappa shape index (κ1) is 58.2. The second-order valence-electron chi connectivity index (χ2n) is 15.0. The standard InChI is InChI=1S/C28H51NO7.C17H33NO5/c1-2-36-23-17-18-24(30)21-22-25(28(34)35)29-26(31)19-15-13-11-9-7-5-3-4-6-8-10-12-14-16-20-27(32)33;1-3-5-6-7-8-9-16(19)14-23-13-12-22-11-10-18-17(20)15-21-4-2/h25H,2-23H2,1H3,(H,29,31)(H,32,33)(H,34,35);3-15H2,1-2H3,(H,18,20)/t25-;/m0./s1. The van der Waals surface area contributed by atoms with Gasteiger partial charge < -0.3 is 39.8 Å². The molecule has 0 saturated carbocycles. The normalized spacial score (nSPS) is 11.4. The second-order valence-corrected chi connectivity index (χ2v) is 15.0. The molecule has 0 bridgehead atoms. The van der Waals surface area contributed by atoms with Gasteiger partial charge in [-0.1, -0.05) is 110 Å². The predicted molar refractivity (Wildman–Crippen MR) is 231 cm³/mol. The third-order valence-electron chi connectivity index (χ3n) is 9.54. The molecule has 0 unspecified atom stereocenters. The van der Waals surface area contributed by atoms with Gasteiger partial charge in [0.15, 0.2) is 5.78 Å². The molecule has 0 heterocycles. The highest BCUT2D eigenvalue weighted by molar-refractivity contribution is 5.84. The molecule has 0 aromatic heterocycles. The Hall–Kier alpha value is -2.94. The lowest BCUT2D eigenvalue weighted by Crippen LogP contribution is -2.41. The van der Waals surface area contributed by atoms with E-state index in [1.807, 2.05) is 13.8 Å². The Bertz CT molecular complexity index is 1040. The van der Waals surface area contributed by atoms with Gasteiger partial charge in [-0.3, -0.25) is 24.0 Å². The van der Waals surface area contributed by atoms with E-state index in [0.717, 1.165) is 57.8 Å². The van der Waals surface area contributed by atoms with Crippen molar-refractivity contribution in [2.75, 3.05) is 59.4 Å². The van der Waals surface area contributed by atoms with E-state index < -0.39 is 18.0 Å². The summed E-state index contributed by atoms with van der Waals surface area (Å²) in [6, 6.07) is -1.01. The molecular formula is C45H84N2O12. The van der Waals surface area contributed by atoms with Gasteiger partial charge in [-0.15, -0.1) is 0 Å². The van der Waals surface area contributed by atoms with Crippen molar-refractivity contribution in [1.82, 2.24) is 10.6 Å². The van der Waals surface area contributed by atoms with E-state index in [1.54, 1.807) is 0 Å². The van der Waals surface area contributed by atoms with E-state index in [0.29, 0.717) is 71.9 Å². The van der Waals surface area contributed by atoms with Crippen molar-refractivity contribution in [2.24, 2.45) is 0 Å². The number of carbonyl (C=O) groups excluding carboxylic acids is 4. The van der Waals surface area contributed by atoms with Crippen LogP contribution in [0.5, 0.6) is 0 Å². The van der Waals surface area contributed by atoms with Crippen LogP contribution in [0.2, 0.25) is 0 Å². The summed E-state index contributed by atoms with van der Waals surface area (Å²) in [7, 11) is 0. The Morgan fingerprint density at radius 3 is 1.51 bits per heavy atom. The molecule has 14 nitrogen and oxygen atoms in total. The number of amides is 2. The molecule has 4 N–H and O–H groups in total. The number of aliphatic carboxylic acids is 2. The topological polar surface area (TPSA) is 204 Å². The van der Waals surface area contributed by atoms with Crippen molar-refractivity contribution >= 4 is 35.3 Å². The maximum Gasteiger partial charge on any atom is 0.326 e. The number of carbonyl (C=O) groups is 6. The SMILES string of the molecule is CCCCCCCC(=O)COCCOCCNC(=O)COCC.CCOCCCC(=O)CC[C@H](NC(=O)CCCCCCCCCCCCCCCCC(=O)O)C(=O)O. The third kappa shape index (κ3) is 47.6. The lowest BCUT2D eigenvalue weighted by atomic mass is 10.0. The summed E-state index contributed by atoms with van der Waals surface area (Å²) in [5.41, 5.74) is 0. The fourth-order valence-corrected chi connectivity index (χ4v) is 6.07. The minimum Gasteiger partial charge on any atom is -0.481 e. The first-order valence-corrected chi connectivity index (χ1v) is 22.9. The Labute approximate surface area is 356 Å². The summed E-state index contributed by atoms with van der Waals surface area (Å²) in [6.07, 6.45) is 23.8. The molecular weight excluding hydrogens is 760 g/mol. The van der Waals surface area contributed by atoms with Crippen molar-refractivity contribution in [3.63, 3.8) is 0 Å². The largest absolute Gasteiger partial charge is 0.481 e. The highest BCUT2D eigenvalue weighted by Crippen LogP contribution is 2.14. The number of ketones is 2. The average molecular weight is 845 g/mol. The van der Waals surface area contributed by atoms with Crippen molar-refractivity contribution in [2.45, 2.75) is 194 Å². The number of unbranched alkanes of at least 4 members (excludes halogenated alkanes) is 17. The van der Waals surface area contributed by atoms with E-state index in [9.17, 15) is 33.9 Å². The molecule has 0 rings (SSSR count). The van der Waals surface area contributed by atoms with Crippen LogP contribution in [0.15, 0.2) is 0 Å². The summed E-state index contributed by atoms with van der Waals surface area (Å²) in [6.45, 7) is 9.52. The van der Waals surface area contributed by atoms with Gasteiger partial charge in [0.2, 0.25) is 11.8 Å². The molecule has 0 aliphatic carbocycles. The third-order valence-corrected chi connectivity index (χ3v) is 9.54. The number of carboxylic acid groups (broad SMARTS) is 2. The highest BCUT2D eigenvalue weighted by Gasteiger charge is 2.20. The summed E-state index contributed by atoms with van der Waals surface area (Å²) in [5.74, 6) is -2.04. The van der Waals surface area contributed by atoms with Crippen LogP contribution in [-0.4, -0.2) is 111 Å². The van der Waals surface area contributed by atoms with Crippen molar-refractivity contribution in [1.29, 1.82) is 0 Å². The summed E-state index contributed by atoms with van der Waals surface area (Å²) in [5, 5.41) is 23.2. The predicted octanol–water partition coefficient (Wildman–Crippen LogP) is 8.15. The van der Waals surface area contributed by atoms with Crippen LogP contribution < -0.4 is 10.6 Å². The molecule has 0 aliphatic heterocycles. The number of hydrogen-bond acceptors (Lipinski definition) is 10. The van der Waals surface area contributed by atoms with Gasteiger partial charge >= 0.3 is 11.9 Å². The Morgan fingerprint density at radius 2 is 0.966 bits per heavy atom. The van der Waals surface area contributed by atoms with E-state index in [2.05, 4.69) is 17.6 Å². The van der Waals surface area contributed by atoms with Crippen molar-refractivity contribution in [3.05, 3.63) is 0 Å². The zero-order valence-electron chi connectivity index (χ0n) is 37.3. The van der Waals surface area contributed by atoms with E-state index in [1.165, 1.54) is 64.2 Å². The number of ether oxygens (including phenoxy) is 4. The van der Waals surface area contributed by atoms with Crippen molar-refractivity contribution in [3.8, 4) is 0 Å². The van der Waals surface area contributed by atoms with Gasteiger partial charge in [0, 0.05) is 58.5 Å². The lowest BCUT2D eigenvalue weighted by molar-refractivity contribution is -0.142. The maximum absolute atomic E-state index is 12.1. The van der Waals surface area contributed by atoms with E-state index >= 15 is 0 Å². The van der Waals surface area contributed by atoms with Crippen LogP contribution in [0.4, 0.5) is 0 Å². The number of rotatable bonds is 44. The van der Waals surface area contributed by atoms with Gasteiger partial charge in [0.25, 0.3) is 0 Å². The molecule has 59 heavy (non-hydrogen) atoms. The first-order chi connectivity index (χ1) is 28.6. The van der Waals surface area contributed by atoms with Crippen LogP contribution in [0.3, 0.4) is 0 Å². The van der Waals surface area contributed by atoms with Crippen LogP contribution in [0.1, 0.15) is 188 Å². The smallest absolute Gasteiger partial charge is 0.326 e. The van der Waals surface area contributed by atoms with E-state index in [-0.39, 0.29) is 55.9 Å². The van der Waals surface area contributed by atoms with E-state index in [4.69, 9.17) is 24.1 Å². The Kier molecular flexibility index (Phi) is 45.5. The van der Waals surface area contributed by atoms with Gasteiger partial charge in [0.05, 0.1) is 19.8 Å². The van der Waals surface area contributed by atoms with Gasteiger partial charge in [-0.05, 0) is 46.0 Å². The molecule has 0 aromatic rings. The molecule has 346 valence electrons. The van der Waals surface area contributed by atoms with Gasteiger partial charge in [-0.2, -0.15) is 0 Å². The first-order valence-electron chi connectivity index (χ1n) is 22.9. The zero-order chi connectivity index (χ0) is 44.0. The lowest BCUT2D eigenvalue weighted by Gasteiger charge is -2.14. The maximum atomic E-state index is 12.1. The quantitative estimate of drug-likeness (QED) is 0.0429. The molecule has 1 atom stereocenters. The van der Waals surface area contributed by atoms with Crippen LogP contribution in [-0.2, 0) is 47.7 Å². The Morgan fingerprint density at radius 1 is 0.458 bits per heavy atom. The molecule has 2 amide bonds. The van der Waals surface area contributed by atoms with Crippen LogP contribution >= 0.6 is 0 Å². The Balaban J connectivity index is 0. The average Bonchev–Trinajstić information content (AvgIpc) is 3.21. The van der Waals surface area contributed by atoms with Crippen molar-refractivity contribution < 1.29 is 57.9 Å². The summed E-state index contributed by atoms with van der Waals surface area (Å²) < 4.78 is 20.7. The fraction of sp³-hybridized carbons (Fsp3) is 0.867. The van der Waals surface area contributed by atoms with Gasteiger partial charge in [0.1, 0.15) is 25.0 Å². The second kappa shape index (κ2) is 46.1. The summed E-state index contributed by atoms with van der Waals surface area (Å²) in [4.78, 5) is 68.6.